The summed E-state index contributed by atoms with van der Waals surface area (Å²) in [5.74, 6) is -1.50. The Morgan fingerprint density at radius 1 is 1.24 bits per heavy atom. The number of hydrogen-bond acceptors (Lipinski definition) is 3. The highest BCUT2D eigenvalue weighted by atomic mass is 32.2. The summed E-state index contributed by atoms with van der Waals surface area (Å²) in [7, 11) is 0. The zero-order chi connectivity index (χ0) is 15.2. The second kappa shape index (κ2) is 7.78. The van der Waals surface area contributed by atoms with Crippen LogP contribution in [0.1, 0.15) is 39.0 Å². The van der Waals surface area contributed by atoms with Gasteiger partial charge in [0.25, 0.3) is 5.76 Å². The third-order valence-electron chi connectivity index (χ3n) is 4.02. The Kier molecular flexibility index (Phi) is 6.03. The van der Waals surface area contributed by atoms with E-state index in [1.54, 1.807) is 24.3 Å². The van der Waals surface area contributed by atoms with Gasteiger partial charge in [0, 0.05) is 4.90 Å². The van der Waals surface area contributed by atoms with Crippen LogP contribution in [-0.4, -0.2) is 11.7 Å². The standard InChI is InChI=1S/C16H20F2O2S/c1-2-11-3-5-12(6-4-11)15(19)20-13-7-9-14(10-8-13)21-16(17)18/h7-12,16H,2-6H2,1H3. The van der Waals surface area contributed by atoms with Crippen LogP contribution in [0, 0.1) is 11.8 Å². The molecule has 2 nitrogen and oxygen atoms in total. The number of halogens is 2. The van der Waals surface area contributed by atoms with Gasteiger partial charge in [-0.25, -0.2) is 0 Å². The van der Waals surface area contributed by atoms with Crippen molar-refractivity contribution in [3.8, 4) is 5.75 Å². The van der Waals surface area contributed by atoms with Crippen molar-refractivity contribution in [1.82, 2.24) is 0 Å². The molecule has 5 heteroatoms. The second-order valence-corrected chi connectivity index (χ2v) is 6.46. The molecule has 0 saturated heterocycles. The van der Waals surface area contributed by atoms with Gasteiger partial charge in [0.2, 0.25) is 0 Å². The van der Waals surface area contributed by atoms with Crippen molar-refractivity contribution in [3.05, 3.63) is 24.3 Å². The van der Waals surface area contributed by atoms with E-state index in [-0.39, 0.29) is 11.9 Å². The SMILES string of the molecule is CCC1CCC(C(=O)Oc2ccc(SC(F)F)cc2)CC1. The molecular formula is C16H20F2O2S. The molecule has 1 aliphatic carbocycles. The topological polar surface area (TPSA) is 26.3 Å². The highest BCUT2D eigenvalue weighted by Gasteiger charge is 2.26. The van der Waals surface area contributed by atoms with Crippen LogP contribution in [0.4, 0.5) is 8.78 Å². The second-order valence-electron chi connectivity index (χ2n) is 5.40. The molecule has 0 N–H and O–H groups in total. The molecule has 0 aromatic heterocycles. The van der Waals surface area contributed by atoms with Gasteiger partial charge in [0.1, 0.15) is 5.75 Å². The number of carbonyl (C=O) groups excluding carboxylic acids is 1. The van der Waals surface area contributed by atoms with Gasteiger partial charge in [-0.15, -0.1) is 0 Å². The largest absolute Gasteiger partial charge is 0.426 e. The molecule has 1 fully saturated rings. The lowest BCUT2D eigenvalue weighted by Gasteiger charge is -2.26. The van der Waals surface area contributed by atoms with Gasteiger partial charge in [-0.1, -0.05) is 25.1 Å². The molecule has 0 aliphatic heterocycles. The number of carbonyl (C=O) groups is 1. The molecule has 0 heterocycles. The maximum atomic E-state index is 12.2. The highest BCUT2D eigenvalue weighted by molar-refractivity contribution is 7.99. The normalized spacial score (nSPS) is 22.3. The summed E-state index contributed by atoms with van der Waals surface area (Å²) in [6, 6.07) is 6.24. The van der Waals surface area contributed by atoms with Crippen LogP contribution in [0.5, 0.6) is 5.75 Å². The van der Waals surface area contributed by atoms with Gasteiger partial charge >= 0.3 is 5.97 Å². The van der Waals surface area contributed by atoms with Crippen molar-refractivity contribution < 1.29 is 18.3 Å². The third kappa shape index (κ3) is 4.99. The quantitative estimate of drug-likeness (QED) is 0.428. The molecule has 21 heavy (non-hydrogen) atoms. The zero-order valence-electron chi connectivity index (χ0n) is 12.1. The fraction of sp³-hybridized carbons (Fsp3) is 0.562. The smallest absolute Gasteiger partial charge is 0.314 e. The first-order valence-electron chi connectivity index (χ1n) is 7.35. The highest BCUT2D eigenvalue weighted by Crippen LogP contribution is 2.32. The molecule has 0 unspecified atom stereocenters. The van der Waals surface area contributed by atoms with Crippen molar-refractivity contribution in [1.29, 1.82) is 0 Å². The molecule has 2 rings (SSSR count). The molecule has 1 aliphatic rings. The van der Waals surface area contributed by atoms with Crippen molar-refractivity contribution in [2.45, 2.75) is 49.7 Å². The molecule has 0 spiro atoms. The first-order valence-corrected chi connectivity index (χ1v) is 8.23. The number of benzene rings is 1. The van der Waals surface area contributed by atoms with E-state index in [4.69, 9.17) is 4.74 Å². The van der Waals surface area contributed by atoms with Crippen LogP contribution < -0.4 is 4.74 Å². The lowest BCUT2D eigenvalue weighted by atomic mass is 9.81. The lowest BCUT2D eigenvalue weighted by molar-refractivity contribution is -0.140. The van der Waals surface area contributed by atoms with E-state index >= 15 is 0 Å². The Balaban J connectivity index is 1.85. The summed E-state index contributed by atoms with van der Waals surface area (Å²) < 4.78 is 29.8. The average Bonchev–Trinajstić information content (AvgIpc) is 2.49. The summed E-state index contributed by atoms with van der Waals surface area (Å²) in [6.07, 6.45) is 5.11. The molecule has 0 atom stereocenters. The zero-order valence-corrected chi connectivity index (χ0v) is 12.9. The maximum Gasteiger partial charge on any atom is 0.314 e. The van der Waals surface area contributed by atoms with Gasteiger partial charge < -0.3 is 4.74 Å². The van der Waals surface area contributed by atoms with Gasteiger partial charge in [-0.3, -0.25) is 4.79 Å². The number of alkyl halides is 2. The van der Waals surface area contributed by atoms with Crippen molar-refractivity contribution in [2.24, 2.45) is 11.8 Å². The molecule has 0 radical (unpaired) electrons. The van der Waals surface area contributed by atoms with Crippen LogP contribution in [0.25, 0.3) is 0 Å². The lowest BCUT2D eigenvalue weighted by Crippen LogP contribution is -2.25. The van der Waals surface area contributed by atoms with Crippen LogP contribution in [-0.2, 0) is 4.79 Å². The Morgan fingerprint density at radius 2 is 1.86 bits per heavy atom. The van der Waals surface area contributed by atoms with Gasteiger partial charge in [0.15, 0.2) is 0 Å². The molecule has 0 amide bonds. The monoisotopic (exact) mass is 314 g/mol. The summed E-state index contributed by atoms with van der Waals surface area (Å²) in [5, 5.41) is 0. The molecule has 1 saturated carbocycles. The number of rotatable bonds is 5. The van der Waals surface area contributed by atoms with E-state index in [2.05, 4.69) is 6.92 Å². The first-order chi connectivity index (χ1) is 10.1. The summed E-state index contributed by atoms with van der Waals surface area (Å²) in [6.45, 7) is 2.18. The maximum absolute atomic E-state index is 12.2. The minimum Gasteiger partial charge on any atom is -0.426 e. The minimum absolute atomic E-state index is 0.0251. The van der Waals surface area contributed by atoms with Gasteiger partial charge in [-0.2, -0.15) is 8.78 Å². The molecular weight excluding hydrogens is 294 g/mol. The van der Waals surface area contributed by atoms with Crippen LogP contribution in [0.3, 0.4) is 0 Å². The number of hydrogen-bond donors (Lipinski definition) is 0. The molecule has 1 aromatic carbocycles. The van der Waals surface area contributed by atoms with E-state index in [9.17, 15) is 13.6 Å². The van der Waals surface area contributed by atoms with E-state index in [0.717, 1.165) is 31.6 Å². The Labute approximate surface area is 128 Å². The fourth-order valence-electron chi connectivity index (χ4n) is 2.70. The predicted molar refractivity (Wildman–Crippen MR) is 79.7 cm³/mol. The van der Waals surface area contributed by atoms with Gasteiger partial charge in [-0.05, 0) is 55.9 Å². The number of ether oxygens (including phenoxy) is 1. The van der Waals surface area contributed by atoms with Crippen LogP contribution in [0.15, 0.2) is 29.2 Å². The first kappa shape index (κ1) is 16.3. The average molecular weight is 314 g/mol. The summed E-state index contributed by atoms with van der Waals surface area (Å²) in [4.78, 5) is 12.5. The minimum atomic E-state index is -2.44. The summed E-state index contributed by atoms with van der Waals surface area (Å²) in [5.41, 5.74) is 0. The molecule has 0 bridgehead atoms. The Morgan fingerprint density at radius 3 is 2.38 bits per heavy atom. The Hall–Kier alpha value is -1.10. The third-order valence-corrected chi connectivity index (χ3v) is 4.75. The van der Waals surface area contributed by atoms with E-state index in [0.29, 0.717) is 22.4 Å². The van der Waals surface area contributed by atoms with Crippen molar-refractivity contribution in [3.63, 3.8) is 0 Å². The van der Waals surface area contributed by atoms with E-state index < -0.39 is 5.76 Å². The predicted octanol–water partition coefficient (Wildman–Crippen LogP) is 5.12. The van der Waals surface area contributed by atoms with Gasteiger partial charge in [0.05, 0.1) is 5.92 Å². The number of thioether (sulfide) groups is 1. The van der Waals surface area contributed by atoms with Crippen LogP contribution in [0.2, 0.25) is 0 Å². The summed E-state index contributed by atoms with van der Waals surface area (Å²) >= 11 is 0.483. The van der Waals surface area contributed by atoms with Crippen molar-refractivity contribution >= 4 is 17.7 Å². The number of esters is 1. The fourth-order valence-corrected chi connectivity index (χ4v) is 3.19. The molecule has 1 aromatic rings. The Bertz CT molecular complexity index is 454. The van der Waals surface area contributed by atoms with Crippen LogP contribution >= 0.6 is 11.8 Å². The van der Waals surface area contributed by atoms with Crippen molar-refractivity contribution in [2.75, 3.05) is 0 Å². The van der Waals surface area contributed by atoms with E-state index in [1.165, 1.54) is 6.42 Å². The van der Waals surface area contributed by atoms with E-state index in [1.807, 2.05) is 0 Å². The molecule has 116 valence electrons.